The highest BCUT2D eigenvalue weighted by Gasteiger charge is 2.53. The summed E-state index contributed by atoms with van der Waals surface area (Å²) in [5.74, 6) is -0.164. The fraction of sp³-hybridized carbons (Fsp3) is 0.583. The molecule has 0 radical (unpaired) electrons. The van der Waals surface area contributed by atoms with Crippen LogP contribution in [0.25, 0.3) is 0 Å². The normalized spacial score (nSPS) is 27.2. The van der Waals surface area contributed by atoms with Crippen molar-refractivity contribution in [3.05, 3.63) is 23.8 Å². The summed E-state index contributed by atoms with van der Waals surface area (Å²) in [7, 11) is 0. The molecule has 3 aliphatic heterocycles. The van der Waals surface area contributed by atoms with Crippen molar-refractivity contribution >= 4 is 108 Å². The van der Waals surface area contributed by atoms with E-state index in [9.17, 15) is 19.2 Å². The van der Waals surface area contributed by atoms with E-state index in [1.54, 1.807) is 18.2 Å². The number of fused-ring (bicyclic) bond motifs is 2. The number of ether oxygens (including phenoxy) is 2. The molecule has 1 saturated carbocycles. The Labute approximate surface area is 268 Å². The Balaban J connectivity index is 0.00000289. The van der Waals surface area contributed by atoms with Crippen molar-refractivity contribution in [1.82, 2.24) is 10.2 Å². The maximum atomic E-state index is 13.8. The maximum Gasteiger partial charge on any atom is 0.262 e. The fourth-order valence-corrected chi connectivity index (χ4v) is 5.80. The van der Waals surface area contributed by atoms with E-state index in [0.29, 0.717) is 22.9 Å². The van der Waals surface area contributed by atoms with Gasteiger partial charge in [-0.05, 0) is 42.9 Å². The first kappa shape index (κ1) is 38.1. The number of Topliss-reactive ketones (excluding diaryl/α,β-unsaturated/α-hetero) is 1. The van der Waals surface area contributed by atoms with Crippen LogP contribution in [0.5, 0.6) is 5.75 Å². The Morgan fingerprint density at radius 1 is 1.05 bits per heavy atom. The van der Waals surface area contributed by atoms with Gasteiger partial charge >= 0.3 is 0 Å². The number of halogens is 1. The number of nitrogens with zero attached hydrogens (tertiary/aromatic N) is 1. The van der Waals surface area contributed by atoms with Gasteiger partial charge in [-0.15, -0.1) is 11.6 Å². The lowest BCUT2D eigenvalue weighted by Crippen LogP contribution is -2.55. The molecule has 0 bridgehead atoms. The second-order valence-electron chi connectivity index (χ2n) is 9.71. The number of likely N-dealkylation sites (tertiary alicyclic amines) is 1. The van der Waals surface area contributed by atoms with Gasteiger partial charge in [-0.3, -0.25) is 19.2 Å². The van der Waals surface area contributed by atoms with E-state index in [4.69, 9.17) is 21.1 Å². The smallest absolute Gasteiger partial charge is 0.262 e. The molecule has 1 aliphatic carbocycles. The number of hydrogen-bond acceptors (Lipinski definition) is 6. The summed E-state index contributed by atoms with van der Waals surface area (Å²) >= 11 is 6.40. The van der Waals surface area contributed by atoms with Crippen LogP contribution in [-0.2, 0) is 19.1 Å². The molecule has 1 aromatic carbocycles. The van der Waals surface area contributed by atoms with Crippen LogP contribution in [0.3, 0.4) is 0 Å². The van der Waals surface area contributed by atoms with Crippen molar-refractivity contribution < 1.29 is 28.7 Å². The highest BCUT2D eigenvalue weighted by atomic mass is 35.5. The standard InChI is InChI=1S/C24H28ClN3O6.5H2S/c1-12-2-4-13(5-3-12)20(24(32)28-9-15(25)22-21(28)17(29)10-34-22)27-23(31)14-6-7-16-18(8-14)33-11-19(30)26-16;;;;;/h6-8,12-13,15,20-22H,2-5,9-11H2,1H3,(H,26,30)(H,27,31);5*1H2/t12?,13?,15-,20-,21+,22+;;;;;/m0...../s1. The average molecular weight is 660 g/mol. The van der Waals surface area contributed by atoms with E-state index in [1.165, 1.54) is 4.90 Å². The zero-order chi connectivity index (χ0) is 24.0. The SMILES string of the molecule is CC1CCC([C@H](NC(=O)c2ccc3c(c2)OCC(=O)N3)C(=O)N2C[C@H](Cl)[C@H]3OCC(=O)[C@H]32)CC1.S.S.S.S.S. The molecular weight excluding hydrogens is 622 g/mol. The van der Waals surface area contributed by atoms with Gasteiger partial charge < -0.3 is 25.0 Å². The van der Waals surface area contributed by atoms with E-state index < -0.39 is 29.5 Å². The lowest BCUT2D eigenvalue weighted by molar-refractivity contribution is -0.139. The second kappa shape index (κ2) is 15.9. The maximum absolute atomic E-state index is 13.8. The number of carbonyl (C=O) groups is 4. The number of rotatable bonds is 4. The summed E-state index contributed by atoms with van der Waals surface area (Å²) in [5.41, 5.74) is 0.823. The molecule has 3 fully saturated rings. The topological polar surface area (TPSA) is 114 Å². The predicted octanol–water partition coefficient (Wildman–Crippen LogP) is 2.29. The number of benzene rings is 1. The van der Waals surface area contributed by atoms with Gasteiger partial charge in [-0.2, -0.15) is 67.5 Å². The lowest BCUT2D eigenvalue weighted by atomic mass is 9.78. The van der Waals surface area contributed by atoms with Crippen LogP contribution in [0.2, 0.25) is 0 Å². The van der Waals surface area contributed by atoms with Gasteiger partial charge in [0.2, 0.25) is 5.91 Å². The van der Waals surface area contributed by atoms with Crippen molar-refractivity contribution in [3.63, 3.8) is 0 Å². The monoisotopic (exact) mass is 659 g/mol. The molecule has 0 unspecified atom stereocenters. The van der Waals surface area contributed by atoms with Gasteiger partial charge in [0, 0.05) is 12.1 Å². The molecule has 3 amide bonds. The molecule has 2 N–H and O–H groups in total. The van der Waals surface area contributed by atoms with Crippen LogP contribution in [0.4, 0.5) is 5.69 Å². The van der Waals surface area contributed by atoms with Gasteiger partial charge in [0.15, 0.2) is 12.4 Å². The third-order valence-electron chi connectivity index (χ3n) is 7.37. The molecule has 0 spiro atoms. The number of hydrogen-bond donors (Lipinski definition) is 2. The van der Waals surface area contributed by atoms with Crippen molar-refractivity contribution in [2.45, 2.75) is 56.2 Å². The molecule has 2 saturated heterocycles. The van der Waals surface area contributed by atoms with Gasteiger partial charge in [-0.25, -0.2) is 0 Å². The minimum Gasteiger partial charge on any atom is -0.482 e. The second-order valence-corrected chi connectivity index (χ2v) is 10.3. The van der Waals surface area contributed by atoms with Crippen LogP contribution in [-0.4, -0.2) is 71.7 Å². The molecule has 3 heterocycles. The molecule has 0 aromatic heterocycles. The molecular formula is C24H38ClN3O6S5. The molecule has 9 nitrogen and oxygen atoms in total. The largest absolute Gasteiger partial charge is 0.482 e. The van der Waals surface area contributed by atoms with E-state index in [0.717, 1.165) is 25.7 Å². The Hall–Kier alpha value is -0.900. The van der Waals surface area contributed by atoms with Crippen molar-refractivity contribution in [3.8, 4) is 5.75 Å². The Kier molecular flexibility index (Phi) is 15.6. The summed E-state index contributed by atoms with van der Waals surface area (Å²) in [6.07, 6.45) is 3.07. The number of anilines is 1. The predicted molar refractivity (Wildman–Crippen MR) is 175 cm³/mol. The van der Waals surface area contributed by atoms with E-state index in [-0.39, 0.29) is 111 Å². The first-order valence-electron chi connectivity index (χ1n) is 11.8. The fourth-order valence-electron chi connectivity index (χ4n) is 5.44. The van der Waals surface area contributed by atoms with E-state index >= 15 is 0 Å². The van der Waals surface area contributed by atoms with Crippen LogP contribution >= 0.6 is 79.1 Å². The Morgan fingerprint density at radius 3 is 2.38 bits per heavy atom. The Morgan fingerprint density at radius 2 is 1.72 bits per heavy atom. The minimum absolute atomic E-state index is 0. The highest BCUT2D eigenvalue weighted by Crippen LogP contribution is 2.35. The van der Waals surface area contributed by atoms with Crippen molar-refractivity contribution in [2.24, 2.45) is 11.8 Å². The molecule has 4 atom stereocenters. The number of carbonyl (C=O) groups excluding carboxylic acids is 4. The van der Waals surface area contributed by atoms with Crippen LogP contribution in [0.1, 0.15) is 43.0 Å². The first-order chi connectivity index (χ1) is 16.3. The highest BCUT2D eigenvalue weighted by molar-refractivity contribution is 7.60. The van der Waals surface area contributed by atoms with Gasteiger partial charge in [0.25, 0.3) is 11.8 Å². The summed E-state index contributed by atoms with van der Waals surface area (Å²) in [6.45, 7) is 2.23. The molecule has 5 rings (SSSR count). The molecule has 15 heteroatoms. The van der Waals surface area contributed by atoms with Crippen molar-refractivity contribution in [1.29, 1.82) is 0 Å². The third-order valence-corrected chi connectivity index (χ3v) is 7.75. The van der Waals surface area contributed by atoms with Crippen LogP contribution in [0, 0.1) is 11.8 Å². The quantitative estimate of drug-likeness (QED) is 0.480. The average Bonchev–Trinajstić information content (AvgIpc) is 3.37. The minimum atomic E-state index is -0.771. The lowest BCUT2D eigenvalue weighted by Gasteiger charge is -2.35. The van der Waals surface area contributed by atoms with E-state index in [2.05, 4.69) is 17.6 Å². The summed E-state index contributed by atoms with van der Waals surface area (Å²) in [4.78, 5) is 52.5. The van der Waals surface area contributed by atoms with Crippen LogP contribution < -0.4 is 15.4 Å². The van der Waals surface area contributed by atoms with Gasteiger partial charge in [0.1, 0.15) is 30.5 Å². The number of amides is 3. The van der Waals surface area contributed by atoms with Crippen LogP contribution in [0.15, 0.2) is 18.2 Å². The summed E-state index contributed by atoms with van der Waals surface area (Å²) in [6, 6.07) is 3.29. The molecule has 222 valence electrons. The number of nitrogens with one attached hydrogen (secondary N) is 2. The molecule has 39 heavy (non-hydrogen) atoms. The van der Waals surface area contributed by atoms with Gasteiger partial charge in [0.05, 0.1) is 11.1 Å². The molecule has 4 aliphatic rings. The Bertz CT molecular complexity index is 1050. The van der Waals surface area contributed by atoms with E-state index in [1.807, 2.05) is 0 Å². The zero-order valence-electron chi connectivity index (χ0n) is 21.4. The summed E-state index contributed by atoms with van der Waals surface area (Å²) in [5, 5.41) is 5.18. The van der Waals surface area contributed by atoms with Crippen molar-refractivity contribution in [2.75, 3.05) is 25.1 Å². The van der Waals surface area contributed by atoms with Gasteiger partial charge in [-0.1, -0.05) is 19.8 Å². The first-order valence-corrected chi connectivity index (χ1v) is 12.2. The third kappa shape index (κ3) is 7.89. The number of alkyl halides is 1. The zero-order valence-corrected chi connectivity index (χ0v) is 27.2. The summed E-state index contributed by atoms with van der Waals surface area (Å²) < 4.78 is 11.0. The number of ketones is 1. The molecule has 1 aromatic rings.